The number of nitrogens with zero attached hydrogens (tertiary/aromatic N) is 3. The lowest BCUT2D eigenvalue weighted by molar-refractivity contribution is 0.0946. The number of nitrogens with one attached hydrogen (secondary N) is 1. The Morgan fingerprint density at radius 2 is 1.95 bits per heavy atom. The number of hydrogen-bond acceptors (Lipinski definition) is 4. The molecule has 0 spiro atoms. The Morgan fingerprint density at radius 1 is 1.26 bits per heavy atom. The fraction of sp³-hybridized carbons (Fsp3) is 0.643. The lowest BCUT2D eigenvalue weighted by Crippen LogP contribution is -2.27. The van der Waals surface area contributed by atoms with Gasteiger partial charge in [-0.2, -0.15) is 0 Å². The minimum atomic E-state index is -0.153. The molecule has 0 unspecified atom stereocenters. The van der Waals surface area contributed by atoms with Crippen LogP contribution in [0.25, 0.3) is 0 Å². The summed E-state index contributed by atoms with van der Waals surface area (Å²) in [4.78, 5) is 13.9. The maximum Gasteiger partial charge on any atom is 0.271 e. The summed E-state index contributed by atoms with van der Waals surface area (Å²) in [5.74, 6) is 1.24. The van der Waals surface area contributed by atoms with Gasteiger partial charge in [-0.05, 0) is 38.3 Å². The SMILES string of the molecule is CCN(CC)c1ccc(C(=O)NCCC(C)C)nn1. The number of rotatable bonds is 7. The highest BCUT2D eigenvalue weighted by Gasteiger charge is 2.09. The highest BCUT2D eigenvalue weighted by molar-refractivity contribution is 5.92. The molecule has 1 N–H and O–H groups in total. The summed E-state index contributed by atoms with van der Waals surface area (Å²) in [6.07, 6.45) is 0.969. The standard InChI is InChI=1S/C14H24N4O/c1-5-18(6-2)13-8-7-12(16-17-13)14(19)15-10-9-11(3)4/h7-8,11H,5-6,9-10H2,1-4H3,(H,15,19). The second-order valence-electron chi connectivity index (χ2n) is 4.89. The summed E-state index contributed by atoms with van der Waals surface area (Å²) in [7, 11) is 0. The highest BCUT2D eigenvalue weighted by Crippen LogP contribution is 2.08. The Balaban J connectivity index is 2.58. The lowest BCUT2D eigenvalue weighted by Gasteiger charge is -2.18. The zero-order valence-electron chi connectivity index (χ0n) is 12.3. The van der Waals surface area contributed by atoms with Gasteiger partial charge in [-0.3, -0.25) is 4.79 Å². The molecule has 5 nitrogen and oxygen atoms in total. The van der Waals surface area contributed by atoms with Crippen molar-refractivity contribution in [3.05, 3.63) is 17.8 Å². The van der Waals surface area contributed by atoms with E-state index in [2.05, 4.69) is 48.1 Å². The van der Waals surface area contributed by atoms with Crippen LogP contribution in [0.15, 0.2) is 12.1 Å². The van der Waals surface area contributed by atoms with Crippen molar-refractivity contribution in [2.45, 2.75) is 34.1 Å². The second kappa shape index (κ2) is 7.71. The number of anilines is 1. The van der Waals surface area contributed by atoms with Crippen LogP contribution in [0.5, 0.6) is 0 Å². The van der Waals surface area contributed by atoms with Gasteiger partial charge >= 0.3 is 0 Å². The van der Waals surface area contributed by atoms with Gasteiger partial charge in [-0.15, -0.1) is 10.2 Å². The second-order valence-corrected chi connectivity index (χ2v) is 4.89. The van der Waals surface area contributed by atoms with Crippen molar-refractivity contribution >= 4 is 11.7 Å². The van der Waals surface area contributed by atoms with E-state index in [9.17, 15) is 4.79 Å². The van der Waals surface area contributed by atoms with Crippen LogP contribution in [0.2, 0.25) is 0 Å². The molecule has 0 aliphatic rings. The maximum atomic E-state index is 11.8. The smallest absolute Gasteiger partial charge is 0.271 e. The van der Waals surface area contributed by atoms with Crippen LogP contribution < -0.4 is 10.2 Å². The molecule has 0 aliphatic carbocycles. The minimum absolute atomic E-state index is 0.153. The summed E-state index contributed by atoms with van der Waals surface area (Å²) in [5.41, 5.74) is 0.375. The Morgan fingerprint density at radius 3 is 2.42 bits per heavy atom. The van der Waals surface area contributed by atoms with E-state index in [0.717, 1.165) is 25.3 Å². The summed E-state index contributed by atoms with van der Waals surface area (Å²) < 4.78 is 0. The largest absolute Gasteiger partial charge is 0.356 e. The summed E-state index contributed by atoms with van der Waals surface area (Å²) >= 11 is 0. The predicted molar refractivity (Wildman–Crippen MR) is 77.4 cm³/mol. The molecule has 0 radical (unpaired) electrons. The molecule has 19 heavy (non-hydrogen) atoms. The molecule has 5 heteroatoms. The Hall–Kier alpha value is -1.65. The van der Waals surface area contributed by atoms with Crippen LogP contribution in [0.1, 0.15) is 44.6 Å². The van der Waals surface area contributed by atoms with Gasteiger partial charge in [-0.25, -0.2) is 0 Å². The third-order valence-electron chi connectivity index (χ3n) is 2.98. The van der Waals surface area contributed by atoms with E-state index in [1.165, 1.54) is 0 Å². The molecule has 106 valence electrons. The van der Waals surface area contributed by atoms with E-state index >= 15 is 0 Å². The fourth-order valence-electron chi connectivity index (χ4n) is 1.73. The molecule has 0 aromatic carbocycles. The first-order valence-electron chi connectivity index (χ1n) is 6.95. The van der Waals surface area contributed by atoms with Gasteiger partial charge in [0.05, 0.1) is 0 Å². The molecule has 1 rings (SSSR count). The minimum Gasteiger partial charge on any atom is -0.356 e. The van der Waals surface area contributed by atoms with Crippen molar-refractivity contribution in [1.29, 1.82) is 0 Å². The van der Waals surface area contributed by atoms with Crippen molar-refractivity contribution in [1.82, 2.24) is 15.5 Å². The first-order valence-corrected chi connectivity index (χ1v) is 6.95. The van der Waals surface area contributed by atoms with Crippen LogP contribution >= 0.6 is 0 Å². The van der Waals surface area contributed by atoms with Gasteiger partial charge in [0.15, 0.2) is 11.5 Å². The van der Waals surface area contributed by atoms with E-state index < -0.39 is 0 Å². The Kier molecular flexibility index (Phi) is 6.25. The number of amides is 1. The third-order valence-corrected chi connectivity index (χ3v) is 2.98. The van der Waals surface area contributed by atoms with Gasteiger partial charge in [-0.1, -0.05) is 13.8 Å². The van der Waals surface area contributed by atoms with Gasteiger partial charge in [0.25, 0.3) is 5.91 Å². The van der Waals surface area contributed by atoms with E-state index in [4.69, 9.17) is 0 Å². The van der Waals surface area contributed by atoms with Crippen LogP contribution in [0.4, 0.5) is 5.82 Å². The van der Waals surface area contributed by atoms with Crippen LogP contribution in [0.3, 0.4) is 0 Å². The van der Waals surface area contributed by atoms with E-state index in [1.54, 1.807) is 6.07 Å². The maximum absolute atomic E-state index is 11.8. The fourth-order valence-corrected chi connectivity index (χ4v) is 1.73. The van der Waals surface area contributed by atoms with Crippen molar-refractivity contribution in [2.24, 2.45) is 5.92 Å². The van der Waals surface area contributed by atoms with Gasteiger partial charge in [0.2, 0.25) is 0 Å². The van der Waals surface area contributed by atoms with Gasteiger partial charge in [0, 0.05) is 19.6 Å². The molecule has 1 aromatic heterocycles. The average Bonchev–Trinajstić information content (AvgIpc) is 2.40. The van der Waals surface area contributed by atoms with Crippen LogP contribution in [-0.4, -0.2) is 35.7 Å². The predicted octanol–water partition coefficient (Wildman–Crippen LogP) is 2.10. The van der Waals surface area contributed by atoms with Gasteiger partial charge < -0.3 is 10.2 Å². The van der Waals surface area contributed by atoms with E-state index in [0.29, 0.717) is 18.2 Å². The normalized spacial score (nSPS) is 10.6. The molecular weight excluding hydrogens is 240 g/mol. The molecular formula is C14H24N4O. The van der Waals surface area contributed by atoms with Gasteiger partial charge in [0.1, 0.15) is 0 Å². The summed E-state index contributed by atoms with van der Waals surface area (Å²) in [6, 6.07) is 3.57. The molecule has 0 saturated heterocycles. The molecule has 0 atom stereocenters. The third kappa shape index (κ3) is 4.85. The topological polar surface area (TPSA) is 58.1 Å². The lowest BCUT2D eigenvalue weighted by atomic mass is 10.1. The monoisotopic (exact) mass is 264 g/mol. The average molecular weight is 264 g/mol. The van der Waals surface area contributed by atoms with Crippen LogP contribution in [-0.2, 0) is 0 Å². The highest BCUT2D eigenvalue weighted by atomic mass is 16.1. The number of hydrogen-bond donors (Lipinski definition) is 1. The first kappa shape index (κ1) is 15.4. The molecule has 0 fully saturated rings. The van der Waals surface area contributed by atoms with Crippen LogP contribution in [0, 0.1) is 5.92 Å². The van der Waals surface area contributed by atoms with E-state index in [-0.39, 0.29) is 5.91 Å². The molecule has 1 amide bonds. The van der Waals surface area contributed by atoms with E-state index in [1.807, 2.05) is 6.07 Å². The summed E-state index contributed by atoms with van der Waals surface area (Å²) in [5, 5.41) is 10.9. The number of carbonyl (C=O) groups excluding carboxylic acids is 1. The van der Waals surface area contributed by atoms with Crippen molar-refractivity contribution in [3.8, 4) is 0 Å². The Bertz CT molecular complexity index is 385. The molecule has 1 aromatic rings. The summed E-state index contributed by atoms with van der Waals surface area (Å²) in [6.45, 7) is 10.8. The molecule has 0 aliphatic heterocycles. The first-order chi connectivity index (χ1) is 9.08. The number of aromatic nitrogens is 2. The Labute approximate surface area is 115 Å². The zero-order valence-corrected chi connectivity index (χ0v) is 12.3. The van der Waals surface area contributed by atoms with Crippen molar-refractivity contribution < 1.29 is 4.79 Å². The quantitative estimate of drug-likeness (QED) is 0.819. The molecule has 0 saturated carbocycles. The zero-order chi connectivity index (χ0) is 14.3. The van der Waals surface area contributed by atoms with Crippen molar-refractivity contribution in [2.75, 3.05) is 24.5 Å². The molecule has 0 bridgehead atoms. The number of carbonyl (C=O) groups is 1. The van der Waals surface area contributed by atoms with Crippen molar-refractivity contribution in [3.63, 3.8) is 0 Å². The molecule has 1 heterocycles.